The maximum Gasteiger partial charge on any atom is 0.306 e. The molecule has 0 radical (unpaired) electrons. The van der Waals surface area contributed by atoms with E-state index in [2.05, 4.69) is 36.4 Å². The lowest BCUT2D eigenvalue weighted by molar-refractivity contribution is -0.143. The van der Waals surface area contributed by atoms with Crippen LogP contribution in [0.5, 0.6) is 5.75 Å². The van der Waals surface area contributed by atoms with Gasteiger partial charge in [-0.2, -0.15) is 5.10 Å². The molecule has 1 saturated carbocycles. The van der Waals surface area contributed by atoms with Crippen LogP contribution in [0.25, 0.3) is 11.1 Å². The number of carbonyl (C=O) groups excluding carboxylic acids is 2. The lowest BCUT2D eigenvalue weighted by atomic mass is 9.85. The third-order valence-electron chi connectivity index (χ3n) is 9.74. The fourth-order valence-corrected chi connectivity index (χ4v) is 6.98. The second kappa shape index (κ2) is 14.9. The molecule has 2 aliphatic rings. The average Bonchev–Trinajstić information content (AvgIpc) is 3.56. The number of aryl methyl sites for hydroxylation is 1. The number of anilines is 1. The molecule has 9 nitrogen and oxygen atoms in total. The Morgan fingerprint density at radius 1 is 1.02 bits per heavy atom. The minimum atomic E-state index is -0.790. The number of rotatable bonds is 11. The Bertz CT molecular complexity index is 1800. The van der Waals surface area contributed by atoms with Gasteiger partial charge in [0.05, 0.1) is 25.3 Å². The fraction of sp³-hybridized carbons (Fsp3) is 0.385. The highest BCUT2D eigenvalue weighted by Gasteiger charge is 2.28. The summed E-state index contributed by atoms with van der Waals surface area (Å²) < 4.78 is 7.86. The van der Waals surface area contributed by atoms with Crippen LogP contribution in [-0.4, -0.2) is 51.9 Å². The van der Waals surface area contributed by atoms with Gasteiger partial charge < -0.3 is 20.1 Å². The second-order valence-corrected chi connectivity index (χ2v) is 13.1. The highest BCUT2D eigenvalue weighted by Crippen LogP contribution is 2.36. The van der Waals surface area contributed by atoms with Gasteiger partial charge in [0.25, 0.3) is 5.91 Å². The van der Waals surface area contributed by atoms with E-state index >= 15 is 0 Å². The Labute approximate surface area is 281 Å². The first-order valence-corrected chi connectivity index (χ1v) is 17.0. The molecule has 0 bridgehead atoms. The normalized spacial score (nSPS) is 17.4. The lowest BCUT2D eigenvalue weighted by Crippen LogP contribution is -2.39. The predicted octanol–water partition coefficient (Wildman–Crippen LogP) is 6.73. The second-order valence-electron chi connectivity index (χ2n) is 13.1. The minimum absolute atomic E-state index is 0.113. The highest BCUT2D eigenvalue weighted by atomic mass is 16.5. The molecular formula is C39H44N4O5. The van der Waals surface area contributed by atoms with Gasteiger partial charge in [0.2, 0.25) is 5.91 Å². The molecule has 2 amide bonds. The van der Waals surface area contributed by atoms with Gasteiger partial charge in [0, 0.05) is 42.0 Å². The Hall–Kier alpha value is -4.92. The quantitative estimate of drug-likeness (QED) is 0.175. The number of ether oxygens (including phenoxy) is 1. The summed E-state index contributed by atoms with van der Waals surface area (Å²) in [5, 5.41) is 17.1. The summed E-state index contributed by atoms with van der Waals surface area (Å²) >= 11 is 0. The van der Waals surface area contributed by atoms with Crippen LogP contribution < -0.4 is 15.0 Å². The molecule has 2 unspecified atom stereocenters. The first-order valence-electron chi connectivity index (χ1n) is 17.0. The van der Waals surface area contributed by atoms with Crippen LogP contribution in [0.1, 0.15) is 77.6 Å². The van der Waals surface area contributed by atoms with Crippen molar-refractivity contribution in [3.63, 3.8) is 0 Å². The molecule has 0 spiro atoms. The summed E-state index contributed by atoms with van der Waals surface area (Å²) in [5.74, 6) is -0.383. The third-order valence-corrected chi connectivity index (χ3v) is 9.74. The Kier molecular flexibility index (Phi) is 10.2. The largest absolute Gasteiger partial charge is 0.493 e. The monoisotopic (exact) mass is 648 g/mol. The predicted molar refractivity (Wildman–Crippen MR) is 185 cm³/mol. The zero-order valence-electron chi connectivity index (χ0n) is 27.8. The van der Waals surface area contributed by atoms with Gasteiger partial charge in [-0.3, -0.25) is 19.1 Å². The third kappa shape index (κ3) is 7.62. The molecule has 1 aliphatic carbocycles. The van der Waals surface area contributed by atoms with E-state index in [1.54, 1.807) is 6.07 Å². The Morgan fingerprint density at radius 3 is 2.71 bits per heavy atom. The number of carbonyl (C=O) groups is 3. The average molecular weight is 649 g/mol. The van der Waals surface area contributed by atoms with E-state index < -0.39 is 11.9 Å². The van der Waals surface area contributed by atoms with Crippen molar-refractivity contribution in [3.05, 3.63) is 101 Å². The number of fused-ring (bicyclic) bond motifs is 1. The zero-order chi connectivity index (χ0) is 33.6. The van der Waals surface area contributed by atoms with Crippen molar-refractivity contribution >= 4 is 23.5 Å². The summed E-state index contributed by atoms with van der Waals surface area (Å²) in [7, 11) is 0. The van der Waals surface area contributed by atoms with Gasteiger partial charge >= 0.3 is 5.97 Å². The molecule has 0 saturated heterocycles. The minimum Gasteiger partial charge on any atom is -0.493 e. The van der Waals surface area contributed by atoms with Crippen LogP contribution in [0.15, 0.2) is 73.1 Å². The molecule has 1 aromatic heterocycles. The first-order chi connectivity index (χ1) is 23.3. The maximum atomic E-state index is 13.4. The zero-order valence-corrected chi connectivity index (χ0v) is 27.8. The number of aliphatic carboxylic acids is 1. The summed E-state index contributed by atoms with van der Waals surface area (Å²) in [6.45, 7) is 5.82. The van der Waals surface area contributed by atoms with E-state index in [0.717, 1.165) is 64.9 Å². The highest BCUT2D eigenvalue weighted by molar-refractivity contribution is 5.96. The van der Waals surface area contributed by atoms with E-state index in [9.17, 15) is 19.5 Å². The molecular weight excluding hydrogens is 604 g/mol. The van der Waals surface area contributed by atoms with E-state index in [1.165, 1.54) is 5.56 Å². The van der Waals surface area contributed by atoms with Crippen LogP contribution in [0.4, 0.5) is 5.69 Å². The van der Waals surface area contributed by atoms with E-state index in [0.29, 0.717) is 50.9 Å². The van der Waals surface area contributed by atoms with Crippen LogP contribution in [0.3, 0.4) is 0 Å². The van der Waals surface area contributed by atoms with Crippen molar-refractivity contribution in [2.75, 3.05) is 18.1 Å². The number of hydrogen-bond acceptors (Lipinski definition) is 5. The van der Waals surface area contributed by atoms with Gasteiger partial charge in [-0.25, -0.2) is 0 Å². The van der Waals surface area contributed by atoms with Crippen LogP contribution >= 0.6 is 0 Å². The molecule has 1 aliphatic heterocycles. The Morgan fingerprint density at radius 2 is 1.85 bits per heavy atom. The maximum absolute atomic E-state index is 13.4. The number of amides is 2. The van der Waals surface area contributed by atoms with Crippen LogP contribution in [0, 0.1) is 19.8 Å². The van der Waals surface area contributed by atoms with Gasteiger partial charge in [-0.1, -0.05) is 42.8 Å². The molecule has 1 fully saturated rings. The number of aromatic nitrogens is 2. The topological polar surface area (TPSA) is 114 Å². The molecule has 250 valence electrons. The van der Waals surface area contributed by atoms with Gasteiger partial charge in [0.15, 0.2) is 0 Å². The van der Waals surface area contributed by atoms with Crippen molar-refractivity contribution in [1.82, 2.24) is 15.1 Å². The van der Waals surface area contributed by atoms with Crippen molar-refractivity contribution in [2.24, 2.45) is 5.92 Å². The molecule has 6 rings (SSSR count). The van der Waals surface area contributed by atoms with Crippen molar-refractivity contribution in [2.45, 2.75) is 77.8 Å². The Balaban J connectivity index is 1.08. The number of hydrogen-bond donors (Lipinski definition) is 2. The molecule has 4 aromatic rings. The lowest BCUT2D eigenvalue weighted by Gasteiger charge is -2.31. The SMILES string of the molecule is Cc1cccc(OCCCC(=O)N2CCCc3c(-c4cnn(Cc5cccc(C(=O)NC6CCCC(C(=O)O)C6)c5)c4)cccc32)c1C. The van der Waals surface area contributed by atoms with Crippen molar-refractivity contribution in [3.8, 4) is 16.9 Å². The number of carboxylic acid groups (broad SMARTS) is 1. The van der Waals surface area contributed by atoms with Crippen LogP contribution in [0.2, 0.25) is 0 Å². The van der Waals surface area contributed by atoms with Crippen molar-refractivity contribution < 1.29 is 24.2 Å². The summed E-state index contributed by atoms with van der Waals surface area (Å²) in [5.41, 5.74) is 8.02. The number of benzene rings is 3. The smallest absolute Gasteiger partial charge is 0.306 e. The molecule has 9 heteroatoms. The van der Waals surface area contributed by atoms with Gasteiger partial charge in [-0.15, -0.1) is 0 Å². The number of nitrogens with zero attached hydrogens (tertiary/aromatic N) is 3. The molecule has 48 heavy (non-hydrogen) atoms. The first kappa shape index (κ1) is 33.0. The van der Waals surface area contributed by atoms with E-state index in [4.69, 9.17) is 4.74 Å². The molecule has 3 aromatic carbocycles. The van der Waals surface area contributed by atoms with Crippen molar-refractivity contribution in [1.29, 1.82) is 0 Å². The van der Waals surface area contributed by atoms with Gasteiger partial charge in [-0.05, 0) is 104 Å². The molecule has 2 N–H and O–H groups in total. The fourth-order valence-electron chi connectivity index (χ4n) is 6.98. The molecule has 2 heterocycles. The van der Waals surface area contributed by atoms with Gasteiger partial charge in [0.1, 0.15) is 5.75 Å². The standard InChI is InChI=1S/C39H44N4O5/c1-26-9-3-17-36(27(26)2)48-20-8-18-37(44)43-19-7-15-34-33(14-6-16-35(34)43)31-23-40-42(25-31)24-28-10-4-11-29(21-28)38(45)41-32-13-5-12-30(22-32)39(46)47/h3-4,6,9-11,14,16-17,21,23,25,30,32H,5,7-8,12-13,15,18-20,22,24H2,1-2H3,(H,41,45)(H,46,47). The van der Waals surface area contributed by atoms with Crippen LogP contribution in [-0.2, 0) is 22.6 Å². The molecule has 2 atom stereocenters. The number of nitrogens with one attached hydrogen (secondary N) is 1. The van der Waals surface area contributed by atoms with E-state index in [1.807, 2.05) is 64.4 Å². The summed E-state index contributed by atoms with van der Waals surface area (Å²) in [4.78, 5) is 39.8. The summed E-state index contributed by atoms with van der Waals surface area (Å²) in [6.07, 6.45) is 9.46. The van der Waals surface area contributed by atoms with E-state index in [-0.39, 0.29) is 17.9 Å². The summed E-state index contributed by atoms with van der Waals surface area (Å²) in [6, 6.07) is 19.5. The number of carboxylic acids is 1.